The van der Waals surface area contributed by atoms with Crippen LogP contribution in [-0.2, 0) is 9.59 Å². The lowest BCUT2D eigenvalue weighted by atomic mass is 9.73. The topological polar surface area (TPSA) is 78.5 Å². The zero-order valence-corrected chi connectivity index (χ0v) is 17.2. The molecule has 3 aliphatic rings. The molecule has 0 radical (unpaired) electrons. The Bertz CT molecular complexity index is 773. The molecule has 3 fully saturated rings. The second kappa shape index (κ2) is 8.17. The van der Waals surface area contributed by atoms with Gasteiger partial charge in [-0.15, -0.1) is 0 Å². The van der Waals surface area contributed by atoms with Gasteiger partial charge < -0.3 is 10.6 Å². The molecule has 1 saturated heterocycles. The molecule has 1 aromatic carbocycles. The van der Waals surface area contributed by atoms with Crippen LogP contribution in [0.15, 0.2) is 30.3 Å². The third-order valence-corrected chi connectivity index (χ3v) is 7.17. The Labute approximate surface area is 172 Å². The summed E-state index contributed by atoms with van der Waals surface area (Å²) in [5, 5.41) is 5.96. The van der Waals surface area contributed by atoms with Gasteiger partial charge in [0.15, 0.2) is 0 Å². The Morgan fingerprint density at radius 3 is 2.52 bits per heavy atom. The first-order chi connectivity index (χ1) is 14.0. The van der Waals surface area contributed by atoms with Crippen LogP contribution in [0, 0.1) is 5.92 Å². The van der Waals surface area contributed by atoms with E-state index in [-0.39, 0.29) is 30.3 Å². The molecule has 2 atom stereocenters. The monoisotopic (exact) mass is 397 g/mol. The van der Waals surface area contributed by atoms with E-state index in [0.29, 0.717) is 12.3 Å². The number of urea groups is 1. The van der Waals surface area contributed by atoms with Crippen LogP contribution in [0.4, 0.5) is 4.79 Å². The van der Waals surface area contributed by atoms with Crippen molar-refractivity contribution in [1.29, 1.82) is 0 Å². The standard InChI is InChI=1S/C23H31N3O3/c1-16-7-5-6-14-23(16)21(28)26(22(29)25-23)15-20(27)24-19-12-10-18(11-13-19)17-8-3-2-4-9-17/h2-4,8-9,16,18-19H,5-7,10-15H2,1H3,(H,24,27)(H,25,29). The van der Waals surface area contributed by atoms with E-state index in [1.165, 1.54) is 5.56 Å². The van der Waals surface area contributed by atoms with E-state index in [4.69, 9.17) is 0 Å². The Kier molecular flexibility index (Phi) is 5.61. The summed E-state index contributed by atoms with van der Waals surface area (Å²) in [5.74, 6) is 0.187. The summed E-state index contributed by atoms with van der Waals surface area (Å²) in [6, 6.07) is 10.2. The third-order valence-electron chi connectivity index (χ3n) is 7.17. The molecule has 2 N–H and O–H groups in total. The van der Waals surface area contributed by atoms with E-state index in [1.54, 1.807) is 0 Å². The number of nitrogens with one attached hydrogen (secondary N) is 2. The van der Waals surface area contributed by atoms with Crippen molar-refractivity contribution in [1.82, 2.24) is 15.5 Å². The summed E-state index contributed by atoms with van der Waals surface area (Å²) < 4.78 is 0. The number of benzene rings is 1. The van der Waals surface area contributed by atoms with E-state index in [1.807, 2.05) is 13.0 Å². The average molecular weight is 398 g/mol. The highest BCUT2D eigenvalue weighted by Crippen LogP contribution is 2.38. The SMILES string of the molecule is CC1CCCCC12NC(=O)N(CC(=O)NC1CCC(c3ccccc3)CC1)C2=O. The minimum Gasteiger partial charge on any atom is -0.352 e. The quantitative estimate of drug-likeness (QED) is 0.765. The highest BCUT2D eigenvalue weighted by Gasteiger charge is 2.55. The maximum atomic E-state index is 13.0. The summed E-state index contributed by atoms with van der Waals surface area (Å²) in [7, 11) is 0. The van der Waals surface area contributed by atoms with E-state index in [2.05, 4.69) is 34.9 Å². The molecule has 4 amide bonds. The summed E-state index contributed by atoms with van der Waals surface area (Å²) in [6.45, 7) is 1.84. The molecule has 1 heterocycles. The van der Waals surface area contributed by atoms with E-state index in [0.717, 1.165) is 49.8 Å². The van der Waals surface area contributed by atoms with Crippen LogP contribution >= 0.6 is 0 Å². The number of carbonyl (C=O) groups excluding carboxylic acids is 3. The van der Waals surface area contributed by atoms with Gasteiger partial charge in [0.2, 0.25) is 5.91 Å². The lowest BCUT2D eigenvalue weighted by molar-refractivity contribution is -0.137. The maximum absolute atomic E-state index is 13.0. The summed E-state index contributed by atoms with van der Waals surface area (Å²) in [5.41, 5.74) is 0.562. The number of nitrogens with zero attached hydrogens (tertiary/aromatic N) is 1. The highest BCUT2D eigenvalue weighted by molar-refractivity contribution is 6.09. The first-order valence-corrected chi connectivity index (χ1v) is 11.0. The van der Waals surface area contributed by atoms with Gasteiger partial charge in [0.1, 0.15) is 12.1 Å². The predicted molar refractivity (Wildman–Crippen MR) is 110 cm³/mol. The van der Waals surface area contributed by atoms with Gasteiger partial charge >= 0.3 is 6.03 Å². The minimum atomic E-state index is -0.802. The Morgan fingerprint density at radius 2 is 1.83 bits per heavy atom. The molecule has 29 heavy (non-hydrogen) atoms. The average Bonchev–Trinajstić information content (AvgIpc) is 2.96. The van der Waals surface area contributed by atoms with Crippen LogP contribution in [0.1, 0.15) is 69.8 Å². The lowest BCUT2D eigenvalue weighted by Crippen LogP contribution is -2.54. The fraction of sp³-hybridized carbons (Fsp3) is 0.609. The largest absolute Gasteiger partial charge is 0.352 e. The zero-order chi connectivity index (χ0) is 20.4. The Morgan fingerprint density at radius 1 is 1.10 bits per heavy atom. The molecule has 0 bridgehead atoms. The van der Waals surface area contributed by atoms with Crippen LogP contribution in [-0.4, -0.2) is 40.9 Å². The third kappa shape index (κ3) is 3.89. The normalized spacial score (nSPS) is 32.3. The van der Waals surface area contributed by atoms with Crippen LogP contribution < -0.4 is 10.6 Å². The van der Waals surface area contributed by atoms with Gasteiger partial charge in [-0.25, -0.2) is 4.79 Å². The number of carbonyl (C=O) groups is 3. The van der Waals surface area contributed by atoms with E-state index < -0.39 is 11.6 Å². The lowest BCUT2D eigenvalue weighted by Gasteiger charge is -2.36. The van der Waals surface area contributed by atoms with Crippen molar-refractivity contribution < 1.29 is 14.4 Å². The fourth-order valence-electron chi connectivity index (χ4n) is 5.35. The summed E-state index contributed by atoms with van der Waals surface area (Å²) in [6.07, 6.45) is 7.53. The zero-order valence-electron chi connectivity index (χ0n) is 17.2. The first kappa shape index (κ1) is 19.9. The number of hydrogen-bond acceptors (Lipinski definition) is 3. The molecule has 1 aromatic rings. The first-order valence-electron chi connectivity index (χ1n) is 11.0. The van der Waals surface area contributed by atoms with Gasteiger partial charge in [-0.3, -0.25) is 14.5 Å². The van der Waals surface area contributed by atoms with Crippen LogP contribution in [0.3, 0.4) is 0 Å². The molecule has 1 aliphatic heterocycles. The smallest absolute Gasteiger partial charge is 0.325 e. The van der Waals surface area contributed by atoms with Crippen molar-refractivity contribution in [2.75, 3.05) is 6.54 Å². The molecule has 6 heteroatoms. The molecule has 2 aliphatic carbocycles. The van der Waals surface area contributed by atoms with Gasteiger partial charge in [0.25, 0.3) is 5.91 Å². The molecule has 6 nitrogen and oxygen atoms in total. The molecule has 4 rings (SSSR count). The van der Waals surface area contributed by atoms with E-state index >= 15 is 0 Å². The number of rotatable bonds is 4. The summed E-state index contributed by atoms with van der Waals surface area (Å²) >= 11 is 0. The molecule has 0 aromatic heterocycles. The molecular formula is C23H31N3O3. The molecule has 2 unspecified atom stereocenters. The van der Waals surface area contributed by atoms with Crippen molar-refractivity contribution in [3.8, 4) is 0 Å². The molecule has 1 spiro atoms. The van der Waals surface area contributed by atoms with Crippen molar-refractivity contribution in [2.24, 2.45) is 5.92 Å². The number of amides is 4. The second-order valence-corrected chi connectivity index (χ2v) is 8.97. The van der Waals surface area contributed by atoms with Gasteiger partial charge in [0, 0.05) is 6.04 Å². The van der Waals surface area contributed by atoms with Gasteiger partial charge in [0.05, 0.1) is 0 Å². The number of imide groups is 1. The molecular weight excluding hydrogens is 366 g/mol. The van der Waals surface area contributed by atoms with E-state index in [9.17, 15) is 14.4 Å². The van der Waals surface area contributed by atoms with Crippen LogP contribution in [0.5, 0.6) is 0 Å². The second-order valence-electron chi connectivity index (χ2n) is 8.97. The Balaban J connectivity index is 1.30. The van der Waals surface area contributed by atoms with Crippen LogP contribution in [0.2, 0.25) is 0 Å². The highest BCUT2D eigenvalue weighted by atomic mass is 16.2. The van der Waals surface area contributed by atoms with Crippen molar-refractivity contribution >= 4 is 17.8 Å². The van der Waals surface area contributed by atoms with Crippen LogP contribution in [0.25, 0.3) is 0 Å². The van der Waals surface area contributed by atoms with Gasteiger partial charge in [-0.05, 0) is 55.9 Å². The summed E-state index contributed by atoms with van der Waals surface area (Å²) in [4.78, 5) is 39.1. The van der Waals surface area contributed by atoms with Crippen molar-refractivity contribution in [3.63, 3.8) is 0 Å². The van der Waals surface area contributed by atoms with Crippen molar-refractivity contribution in [3.05, 3.63) is 35.9 Å². The maximum Gasteiger partial charge on any atom is 0.325 e. The fourth-order valence-corrected chi connectivity index (χ4v) is 5.35. The van der Waals surface area contributed by atoms with Gasteiger partial charge in [-0.1, -0.05) is 50.1 Å². The van der Waals surface area contributed by atoms with Gasteiger partial charge in [-0.2, -0.15) is 0 Å². The van der Waals surface area contributed by atoms with Crippen molar-refractivity contribution in [2.45, 2.75) is 75.8 Å². The Hall–Kier alpha value is -2.37. The molecule has 2 saturated carbocycles. The predicted octanol–water partition coefficient (Wildman–Crippen LogP) is 3.33. The molecule has 156 valence electrons. The minimum absolute atomic E-state index is 0.106. The number of hydrogen-bond donors (Lipinski definition) is 2.